The molecule has 0 saturated carbocycles. The summed E-state index contributed by atoms with van der Waals surface area (Å²) in [5.41, 5.74) is 7.88. The Morgan fingerprint density at radius 2 is 2.25 bits per heavy atom. The highest BCUT2D eigenvalue weighted by atomic mass is 16.5. The lowest BCUT2D eigenvalue weighted by Crippen LogP contribution is -2.34. The monoisotopic (exact) mass is 275 g/mol. The zero-order chi connectivity index (χ0) is 14.1. The number of anilines is 2. The molecular formula is C15H21N3O2. The lowest BCUT2D eigenvalue weighted by Gasteiger charge is -2.24. The van der Waals surface area contributed by atoms with Crippen molar-refractivity contribution in [3.63, 3.8) is 0 Å². The number of carbonyl (C=O) groups excluding carboxylic acids is 1. The van der Waals surface area contributed by atoms with Gasteiger partial charge in [0.25, 0.3) is 0 Å². The van der Waals surface area contributed by atoms with Gasteiger partial charge in [-0.1, -0.05) is 6.07 Å². The fraction of sp³-hybridized carbons (Fsp3) is 0.533. The summed E-state index contributed by atoms with van der Waals surface area (Å²) in [7, 11) is 1.39. The number of nitrogens with zero attached hydrogens (tertiary/aromatic N) is 1. The van der Waals surface area contributed by atoms with E-state index in [1.54, 1.807) is 12.1 Å². The fourth-order valence-electron chi connectivity index (χ4n) is 3.45. The van der Waals surface area contributed by atoms with Crippen molar-refractivity contribution < 1.29 is 9.53 Å². The minimum absolute atomic E-state index is 0.346. The molecule has 0 aromatic heterocycles. The van der Waals surface area contributed by atoms with Crippen molar-refractivity contribution in [2.75, 3.05) is 31.2 Å². The van der Waals surface area contributed by atoms with Gasteiger partial charge in [0.1, 0.15) is 0 Å². The summed E-state index contributed by atoms with van der Waals surface area (Å²) >= 11 is 0. The van der Waals surface area contributed by atoms with Gasteiger partial charge in [0.05, 0.1) is 24.0 Å². The second kappa shape index (κ2) is 5.32. The van der Waals surface area contributed by atoms with Gasteiger partial charge in [-0.05, 0) is 37.9 Å². The van der Waals surface area contributed by atoms with E-state index in [0.717, 1.165) is 18.7 Å². The van der Waals surface area contributed by atoms with Crippen molar-refractivity contribution in [1.29, 1.82) is 0 Å². The van der Waals surface area contributed by atoms with Crippen LogP contribution in [0, 0.1) is 0 Å². The summed E-state index contributed by atoms with van der Waals surface area (Å²) in [6.07, 6.45) is 3.58. The minimum atomic E-state index is -0.346. The molecule has 108 valence electrons. The predicted octanol–water partition coefficient (Wildman–Crippen LogP) is 1.70. The molecule has 2 aliphatic heterocycles. The first-order valence-corrected chi connectivity index (χ1v) is 7.18. The summed E-state index contributed by atoms with van der Waals surface area (Å²) in [4.78, 5) is 14.4. The Hall–Kier alpha value is -1.75. The fourth-order valence-corrected chi connectivity index (χ4v) is 3.45. The first-order chi connectivity index (χ1) is 9.70. The Bertz CT molecular complexity index is 518. The topological polar surface area (TPSA) is 67.6 Å². The number of nitrogens with two attached hydrogens (primary N) is 1. The molecule has 0 bridgehead atoms. The molecule has 5 heteroatoms. The molecule has 2 unspecified atom stereocenters. The van der Waals surface area contributed by atoms with Gasteiger partial charge in [0.2, 0.25) is 0 Å². The van der Waals surface area contributed by atoms with E-state index in [9.17, 15) is 4.79 Å². The third-order valence-corrected chi connectivity index (χ3v) is 4.44. The molecule has 2 saturated heterocycles. The number of esters is 1. The lowest BCUT2D eigenvalue weighted by molar-refractivity contribution is 0.0602. The maximum Gasteiger partial charge on any atom is 0.340 e. The van der Waals surface area contributed by atoms with E-state index in [1.165, 1.54) is 26.5 Å². The van der Waals surface area contributed by atoms with Gasteiger partial charge in [-0.3, -0.25) is 4.90 Å². The van der Waals surface area contributed by atoms with Gasteiger partial charge in [0.15, 0.2) is 0 Å². The molecule has 0 spiro atoms. The van der Waals surface area contributed by atoms with Crippen molar-refractivity contribution in [3.8, 4) is 0 Å². The Balaban J connectivity index is 1.85. The van der Waals surface area contributed by atoms with E-state index >= 15 is 0 Å². The molecule has 1 aromatic carbocycles. The summed E-state index contributed by atoms with van der Waals surface area (Å²) in [6, 6.07) is 6.29. The molecule has 5 nitrogen and oxygen atoms in total. The quantitative estimate of drug-likeness (QED) is 0.649. The third kappa shape index (κ3) is 2.22. The van der Waals surface area contributed by atoms with Crippen molar-refractivity contribution in [2.45, 2.75) is 31.3 Å². The minimum Gasteiger partial charge on any atom is -0.465 e. The number of rotatable bonds is 3. The molecule has 3 N–H and O–H groups in total. The Labute approximate surface area is 119 Å². The standard InChI is InChI=1S/C15H21N3O2/c1-20-15(19)10-4-2-5-11(16)14(10)17-12-7-9-18-8-3-6-13(12)18/h2,4-5,12-13,17H,3,6-9,16H2,1H3. The molecular weight excluding hydrogens is 254 g/mol. The van der Waals surface area contributed by atoms with Gasteiger partial charge < -0.3 is 15.8 Å². The summed E-state index contributed by atoms with van der Waals surface area (Å²) < 4.78 is 4.84. The zero-order valence-corrected chi connectivity index (χ0v) is 11.8. The molecule has 3 rings (SSSR count). The highest BCUT2D eigenvalue weighted by Gasteiger charge is 2.37. The maximum atomic E-state index is 11.9. The van der Waals surface area contributed by atoms with E-state index in [2.05, 4.69) is 10.2 Å². The number of benzene rings is 1. The summed E-state index contributed by atoms with van der Waals surface area (Å²) in [5, 5.41) is 3.50. The van der Waals surface area contributed by atoms with Crippen LogP contribution in [0.5, 0.6) is 0 Å². The van der Waals surface area contributed by atoms with Crippen LogP contribution in [0.25, 0.3) is 0 Å². The number of hydrogen-bond donors (Lipinski definition) is 2. The molecule has 2 atom stereocenters. The number of nitrogens with one attached hydrogen (secondary N) is 1. The van der Waals surface area contributed by atoms with Crippen LogP contribution >= 0.6 is 0 Å². The first-order valence-electron chi connectivity index (χ1n) is 7.18. The highest BCUT2D eigenvalue weighted by Crippen LogP contribution is 2.33. The van der Waals surface area contributed by atoms with Crippen LogP contribution in [0.1, 0.15) is 29.6 Å². The van der Waals surface area contributed by atoms with Gasteiger partial charge in [-0.15, -0.1) is 0 Å². The number of fused-ring (bicyclic) bond motifs is 1. The molecule has 2 heterocycles. The molecule has 2 fully saturated rings. The zero-order valence-electron chi connectivity index (χ0n) is 11.8. The van der Waals surface area contributed by atoms with Crippen LogP contribution in [0.2, 0.25) is 0 Å². The van der Waals surface area contributed by atoms with Crippen LogP contribution in [0.3, 0.4) is 0 Å². The van der Waals surface area contributed by atoms with Crippen molar-refractivity contribution in [1.82, 2.24) is 4.90 Å². The lowest BCUT2D eigenvalue weighted by atomic mass is 10.0. The van der Waals surface area contributed by atoms with E-state index < -0.39 is 0 Å². The maximum absolute atomic E-state index is 11.9. The van der Waals surface area contributed by atoms with Crippen LogP contribution < -0.4 is 11.1 Å². The van der Waals surface area contributed by atoms with Gasteiger partial charge in [-0.25, -0.2) is 4.79 Å². The Morgan fingerprint density at radius 3 is 3.05 bits per heavy atom. The third-order valence-electron chi connectivity index (χ3n) is 4.44. The van der Waals surface area contributed by atoms with Crippen molar-refractivity contribution in [3.05, 3.63) is 23.8 Å². The van der Waals surface area contributed by atoms with Crippen LogP contribution in [0.15, 0.2) is 18.2 Å². The van der Waals surface area contributed by atoms with Gasteiger partial charge >= 0.3 is 5.97 Å². The number of hydrogen-bond acceptors (Lipinski definition) is 5. The van der Waals surface area contributed by atoms with Gasteiger partial charge in [0, 0.05) is 18.6 Å². The van der Waals surface area contributed by atoms with E-state index in [1.807, 2.05) is 6.07 Å². The molecule has 2 aliphatic rings. The smallest absolute Gasteiger partial charge is 0.340 e. The van der Waals surface area contributed by atoms with Crippen molar-refractivity contribution in [2.24, 2.45) is 0 Å². The van der Waals surface area contributed by atoms with E-state index in [4.69, 9.17) is 10.5 Å². The number of methoxy groups -OCH3 is 1. The molecule has 0 radical (unpaired) electrons. The normalized spacial score (nSPS) is 25.4. The molecule has 0 aliphatic carbocycles. The number of para-hydroxylation sites is 1. The first kappa shape index (κ1) is 13.2. The molecule has 20 heavy (non-hydrogen) atoms. The Morgan fingerprint density at radius 1 is 1.40 bits per heavy atom. The average Bonchev–Trinajstić information content (AvgIpc) is 3.04. The van der Waals surface area contributed by atoms with E-state index in [-0.39, 0.29) is 5.97 Å². The number of ether oxygens (including phenoxy) is 1. The summed E-state index contributed by atoms with van der Waals surface area (Å²) in [5.74, 6) is -0.346. The average molecular weight is 275 g/mol. The van der Waals surface area contributed by atoms with Gasteiger partial charge in [-0.2, -0.15) is 0 Å². The van der Waals surface area contributed by atoms with Crippen LogP contribution in [0.4, 0.5) is 11.4 Å². The summed E-state index contributed by atoms with van der Waals surface area (Å²) in [6.45, 7) is 2.32. The van der Waals surface area contributed by atoms with Crippen molar-refractivity contribution >= 4 is 17.3 Å². The number of nitrogen functional groups attached to an aromatic ring is 1. The largest absolute Gasteiger partial charge is 0.465 e. The molecule has 1 aromatic rings. The Kier molecular flexibility index (Phi) is 3.53. The second-order valence-electron chi connectivity index (χ2n) is 5.55. The molecule has 0 amide bonds. The number of carbonyl (C=O) groups is 1. The van der Waals surface area contributed by atoms with E-state index in [0.29, 0.717) is 23.3 Å². The SMILES string of the molecule is COC(=O)c1cccc(N)c1NC1CCN2CCCC12. The van der Waals surface area contributed by atoms with Crippen LogP contribution in [-0.4, -0.2) is 43.2 Å². The van der Waals surface area contributed by atoms with Crippen LogP contribution in [-0.2, 0) is 4.74 Å². The highest BCUT2D eigenvalue weighted by molar-refractivity contribution is 5.98. The predicted molar refractivity (Wildman–Crippen MR) is 78.8 cm³/mol. The second-order valence-corrected chi connectivity index (χ2v) is 5.55.